The molecule has 0 aromatic heterocycles. The molecular weight excluding hydrogens is 174 g/mol. The van der Waals surface area contributed by atoms with Gasteiger partial charge in [0.15, 0.2) is 0 Å². The molecule has 0 atom stereocenters. The highest BCUT2D eigenvalue weighted by atomic mass is 16.5. The zero-order valence-electron chi connectivity index (χ0n) is 8.83. The lowest BCUT2D eigenvalue weighted by Crippen LogP contribution is -2.02. The summed E-state index contributed by atoms with van der Waals surface area (Å²) >= 11 is 0. The minimum atomic E-state index is 0.725. The summed E-state index contributed by atoms with van der Waals surface area (Å²) in [6.45, 7) is 1.56. The minimum Gasteiger partial charge on any atom is -0.385 e. The fourth-order valence-electron chi connectivity index (χ4n) is 1.46. The van der Waals surface area contributed by atoms with Crippen molar-refractivity contribution >= 4 is 0 Å². The standard InChI is InChI=1S/C12H19NO/c1-14-10-2-3-11-4-6-12(7-5-11)8-9-13/h4-7H,2-3,8-10,13H2,1H3. The van der Waals surface area contributed by atoms with Crippen LogP contribution < -0.4 is 5.73 Å². The minimum absolute atomic E-state index is 0.725. The summed E-state index contributed by atoms with van der Waals surface area (Å²) in [5.41, 5.74) is 8.18. The van der Waals surface area contributed by atoms with Crippen molar-refractivity contribution in [3.63, 3.8) is 0 Å². The molecule has 0 aliphatic rings. The first-order valence-corrected chi connectivity index (χ1v) is 5.13. The smallest absolute Gasteiger partial charge is 0.0465 e. The van der Waals surface area contributed by atoms with Crippen molar-refractivity contribution in [2.75, 3.05) is 20.3 Å². The van der Waals surface area contributed by atoms with Crippen molar-refractivity contribution in [3.05, 3.63) is 35.4 Å². The lowest BCUT2D eigenvalue weighted by Gasteiger charge is -2.03. The zero-order chi connectivity index (χ0) is 10.2. The Labute approximate surface area is 86.1 Å². The van der Waals surface area contributed by atoms with Gasteiger partial charge in [0.1, 0.15) is 0 Å². The van der Waals surface area contributed by atoms with E-state index in [0.29, 0.717) is 0 Å². The lowest BCUT2D eigenvalue weighted by atomic mass is 10.1. The quantitative estimate of drug-likeness (QED) is 0.699. The van der Waals surface area contributed by atoms with E-state index in [-0.39, 0.29) is 0 Å². The van der Waals surface area contributed by atoms with Gasteiger partial charge >= 0.3 is 0 Å². The van der Waals surface area contributed by atoms with E-state index >= 15 is 0 Å². The van der Waals surface area contributed by atoms with Crippen LogP contribution in [0.25, 0.3) is 0 Å². The molecule has 78 valence electrons. The van der Waals surface area contributed by atoms with Gasteiger partial charge in [0.05, 0.1) is 0 Å². The van der Waals surface area contributed by atoms with Crippen molar-refractivity contribution in [2.45, 2.75) is 19.3 Å². The first-order chi connectivity index (χ1) is 6.86. The number of nitrogens with two attached hydrogens (primary N) is 1. The van der Waals surface area contributed by atoms with E-state index in [1.54, 1.807) is 7.11 Å². The van der Waals surface area contributed by atoms with E-state index in [2.05, 4.69) is 24.3 Å². The van der Waals surface area contributed by atoms with Gasteiger partial charge in [0.25, 0.3) is 0 Å². The molecule has 2 heteroatoms. The van der Waals surface area contributed by atoms with Gasteiger partial charge in [-0.2, -0.15) is 0 Å². The molecule has 0 spiro atoms. The molecular formula is C12H19NO. The predicted molar refractivity (Wildman–Crippen MR) is 59.4 cm³/mol. The normalized spacial score (nSPS) is 10.4. The summed E-state index contributed by atoms with van der Waals surface area (Å²) in [4.78, 5) is 0. The second-order valence-corrected chi connectivity index (χ2v) is 3.45. The molecule has 2 N–H and O–H groups in total. The molecule has 0 unspecified atom stereocenters. The van der Waals surface area contributed by atoms with E-state index in [4.69, 9.17) is 10.5 Å². The molecule has 1 aromatic carbocycles. The average Bonchev–Trinajstić information content (AvgIpc) is 2.21. The maximum absolute atomic E-state index is 5.48. The van der Waals surface area contributed by atoms with Crippen LogP contribution in [0.15, 0.2) is 24.3 Å². The molecule has 0 saturated carbocycles. The molecule has 0 fully saturated rings. The van der Waals surface area contributed by atoms with Crippen LogP contribution in [0.3, 0.4) is 0 Å². The van der Waals surface area contributed by atoms with E-state index < -0.39 is 0 Å². The van der Waals surface area contributed by atoms with Crippen molar-refractivity contribution < 1.29 is 4.74 Å². The monoisotopic (exact) mass is 193 g/mol. The third-order valence-electron chi connectivity index (χ3n) is 2.27. The van der Waals surface area contributed by atoms with Crippen LogP contribution in [0.2, 0.25) is 0 Å². The van der Waals surface area contributed by atoms with Crippen molar-refractivity contribution in [3.8, 4) is 0 Å². The van der Waals surface area contributed by atoms with Crippen molar-refractivity contribution in [1.82, 2.24) is 0 Å². The summed E-state index contributed by atoms with van der Waals surface area (Å²) in [6.07, 6.45) is 3.15. The molecule has 0 saturated heterocycles. The second-order valence-electron chi connectivity index (χ2n) is 3.45. The maximum atomic E-state index is 5.48. The Hall–Kier alpha value is -0.860. The highest BCUT2D eigenvalue weighted by molar-refractivity contribution is 5.22. The van der Waals surface area contributed by atoms with Gasteiger partial charge in [-0.3, -0.25) is 0 Å². The van der Waals surface area contributed by atoms with E-state index in [9.17, 15) is 0 Å². The van der Waals surface area contributed by atoms with Crippen LogP contribution in [0.4, 0.5) is 0 Å². The van der Waals surface area contributed by atoms with Gasteiger partial charge in [-0.1, -0.05) is 24.3 Å². The fourth-order valence-corrected chi connectivity index (χ4v) is 1.46. The van der Waals surface area contributed by atoms with Crippen molar-refractivity contribution in [2.24, 2.45) is 5.73 Å². The number of hydrogen-bond acceptors (Lipinski definition) is 2. The van der Waals surface area contributed by atoms with Crippen LogP contribution in [-0.2, 0) is 17.6 Å². The van der Waals surface area contributed by atoms with Crippen LogP contribution in [0, 0.1) is 0 Å². The Bertz CT molecular complexity index is 243. The highest BCUT2D eigenvalue weighted by Crippen LogP contribution is 2.07. The SMILES string of the molecule is COCCCc1ccc(CCN)cc1. The number of benzene rings is 1. The Kier molecular flexibility index (Phi) is 5.27. The highest BCUT2D eigenvalue weighted by Gasteiger charge is 1.94. The van der Waals surface area contributed by atoms with Crippen LogP contribution in [0.5, 0.6) is 0 Å². The van der Waals surface area contributed by atoms with Crippen molar-refractivity contribution in [1.29, 1.82) is 0 Å². The molecule has 2 nitrogen and oxygen atoms in total. The first-order valence-electron chi connectivity index (χ1n) is 5.13. The van der Waals surface area contributed by atoms with Gasteiger partial charge in [-0.05, 0) is 36.9 Å². The summed E-state index contributed by atoms with van der Waals surface area (Å²) < 4.78 is 5.01. The van der Waals surface area contributed by atoms with Gasteiger partial charge in [-0.25, -0.2) is 0 Å². The number of ether oxygens (including phenoxy) is 1. The molecule has 0 bridgehead atoms. The molecule has 0 amide bonds. The third kappa shape index (κ3) is 3.90. The van der Waals surface area contributed by atoms with Gasteiger partial charge < -0.3 is 10.5 Å². The Morgan fingerprint density at radius 1 is 1.07 bits per heavy atom. The zero-order valence-corrected chi connectivity index (χ0v) is 8.83. The maximum Gasteiger partial charge on any atom is 0.0465 e. The fraction of sp³-hybridized carbons (Fsp3) is 0.500. The number of methoxy groups -OCH3 is 1. The summed E-state index contributed by atoms with van der Waals surface area (Å²) in [7, 11) is 1.74. The second kappa shape index (κ2) is 6.57. The molecule has 0 aliphatic heterocycles. The third-order valence-corrected chi connectivity index (χ3v) is 2.27. The first kappa shape index (κ1) is 11.2. The average molecular weight is 193 g/mol. The van der Waals surface area contributed by atoms with E-state index in [1.165, 1.54) is 11.1 Å². The number of hydrogen-bond donors (Lipinski definition) is 1. The molecule has 0 aliphatic carbocycles. The Balaban J connectivity index is 2.38. The number of aryl methyl sites for hydroxylation is 1. The summed E-state index contributed by atoms with van der Waals surface area (Å²) in [5.74, 6) is 0. The molecule has 14 heavy (non-hydrogen) atoms. The predicted octanol–water partition coefficient (Wildman–Crippen LogP) is 1.77. The molecule has 0 radical (unpaired) electrons. The topological polar surface area (TPSA) is 35.2 Å². The van der Waals surface area contributed by atoms with Crippen LogP contribution in [0.1, 0.15) is 17.5 Å². The lowest BCUT2D eigenvalue weighted by molar-refractivity contribution is 0.195. The Morgan fingerprint density at radius 3 is 2.14 bits per heavy atom. The number of rotatable bonds is 6. The molecule has 1 rings (SSSR count). The molecule has 1 aromatic rings. The molecule has 0 heterocycles. The van der Waals surface area contributed by atoms with E-state index in [1.807, 2.05) is 0 Å². The van der Waals surface area contributed by atoms with E-state index in [0.717, 1.165) is 32.4 Å². The van der Waals surface area contributed by atoms with Gasteiger partial charge in [0, 0.05) is 13.7 Å². The van der Waals surface area contributed by atoms with Gasteiger partial charge in [-0.15, -0.1) is 0 Å². The van der Waals surface area contributed by atoms with Crippen LogP contribution >= 0.6 is 0 Å². The largest absolute Gasteiger partial charge is 0.385 e. The summed E-state index contributed by atoms with van der Waals surface area (Å²) in [6, 6.07) is 8.69. The van der Waals surface area contributed by atoms with Gasteiger partial charge in [0.2, 0.25) is 0 Å². The van der Waals surface area contributed by atoms with Crippen LogP contribution in [-0.4, -0.2) is 20.3 Å². The Morgan fingerprint density at radius 2 is 1.64 bits per heavy atom. The summed E-state index contributed by atoms with van der Waals surface area (Å²) in [5, 5.41) is 0.